The molecule has 0 saturated heterocycles. The summed E-state index contributed by atoms with van der Waals surface area (Å²) < 4.78 is 5.76. The summed E-state index contributed by atoms with van der Waals surface area (Å²) in [5.41, 5.74) is 1.70. The lowest BCUT2D eigenvalue weighted by Crippen LogP contribution is -2.36. The minimum Gasteiger partial charge on any atom is -0.360 e. The number of anilines is 2. The molecule has 0 unspecified atom stereocenters. The number of amides is 2. The van der Waals surface area contributed by atoms with E-state index in [-0.39, 0.29) is 18.4 Å². The number of carbonyl (C=O) groups excluding carboxylic acids is 2. The van der Waals surface area contributed by atoms with E-state index in [1.807, 2.05) is 19.1 Å². The molecule has 7 heteroatoms. The quantitative estimate of drug-likeness (QED) is 0.903. The van der Waals surface area contributed by atoms with E-state index in [4.69, 9.17) is 4.52 Å². The van der Waals surface area contributed by atoms with Crippen LogP contribution in [0.25, 0.3) is 0 Å². The number of carbonyl (C=O) groups is 2. The number of nitrogens with zero attached hydrogens (tertiary/aromatic N) is 2. The fourth-order valence-corrected chi connectivity index (χ4v) is 2.25. The number of hydrogen-bond acceptors (Lipinski definition) is 4. The highest BCUT2D eigenvalue weighted by atomic mass is 79.9. The summed E-state index contributed by atoms with van der Waals surface area (Å²) in [6.07, 6.45) is 0. The molecule has 0 spiro atoms. The molecule has 1 heterocycles. The molecular weight excluding hydrogens is 350 g/mol. The Hall–Kier alpha value is -2.15. The van der Waals surface area contributed by atoms with Crippen LogP contribution in [0, 0.1) is 13.8 Å². The first kappa shape index (κ1) is 16.2. The standard InChI is InChI=1S/C15H16BrN3O3/c1-9-4-5-12(7-13(9)16)19(11(3)20)8-15(21)17-14-6-10(2)22-18-14/h4-7H,8H2,1-3H3,(H,17,18,21). The van der Waals surface area contributed by atoms with Crippen LogP contribution in [0.4, 0.5) is 11.5 Å². The zero-order valence-corrected chi connectivity index (χ0v) is 14.1. The Morgan fingerprint density at radius 1 is 1.32 bits per heavy atom. The van der Waals surface area contributed by atoms with Gasteiger partial charge in [-0.2, -0.15) is 0 Å². The number of nitrogens with one attached hydrogen (secondary N) is 1. The van der Waals surface area contributed by atoms with E-state index >= 15 is 0 Å². The first-order valence-corrected chi connectivity index (χ1v) is 7.43. The van der Waals surface area contributed by atoms with Crippen molar-refractivity contribution in [2.75, 3.05) is 16.8 Å². The first-order chi connectivity index (χ1) is 10.4. The Morgan fingerprint density at radius 3 is 2.59 bits per heavy atom. The van der Waals surface area contributed by atoms with Gasteiger partial charge in [0.25, 0.3) is 0 Å². The van der Waals surface area contributed by atoms with Gasteiger partial charge in [0.2, 0.25) is 11.8 Å². The van der Waals surface area contributed by atoms with Gasteiger partial charge in [-0.3, -0.25) is 9.59 Å². The van der Waals surface area contributed by atoms with E-state index in [1.165, 1.54) is 11.8 Å². The Morgan fingerprint density at radius 2 is 2.05 bits per heavy atom. The van der Waals surface area contributed by atoms with Crippen molar-refractivity contribution < 1.29 is 14.1 Å². The van der Waals surface area contributed by atoms with Crippen molar-refractivity contribution in [3.63, 3.8) is 0 Å². The van der Waals surface area contributed by atoms with Crippen LogP contribution in [0.2, 0.25) is 0 Å². The van der Waals surface area contributed by atoms with Gasteiger partial charge in [-0.1, -0.05) is 27.2 Å². The minimum atomic E-state index is -0.347. The maximum atomic E-state index is 12.1. The van der Waals surface area contributed by atoms with Gasteiger partial charge in [-0.15, -0.1) is 0 Å². The van der Waals surface area contributed by atoms with Gasteiger partial charge in [0.1, 0.15) is 12.3 Å². The van der Waals surface area contributed by atoms with Crippen LogP contribution < -0.4 is 10.2 Å². The van der Waals surface area contributed by atoms with Gasteiger partial charge < -0.3 is 14.7 Å². The summed E-state index contributed by atoms with van der Waals surface area (Å²) in [5.74, 6) is 0.361. The number of hydrogen-bond donors (Lipinski definition) is 1. The Balaban J connectivity index is 2.13. The third-order valence-electron chi connectivity index (χ3n) is 3.04. The molecule has 0 fully saturated rings. The molecule has 0 aliphatic rings. The molecule has 1 aromatic carbocycles. The van der Waals surface area contributed by atoms with Crippen molar-refractivity contribution in [2.24, 2.45) is 0 Å². The van der Waals surface area contributed by atoms with Crippen LogP contribution in [0.1, 0.15) is 18.2 Å². The second-order valence-electron chi connectivity index (χ2n) is 4.91. The van der Waals surface area contributed by atoms with E-state index in [1.54, 1.807) is 19.1 Å². The second-order valence-corrected chi connectivity index (χ2v) is 5.76. The van der Waals surface area contributed by atoms with Crippen LogP contribution in [0.5, 0.6) is 0 Å². The van der Waals surface area contributed by atoms with Crippen molar-refractivity contribution in [2.45, 2.75) is 20.8 Å². The topological polar surface area (TPSA) is 75.4 Å². The molecule has 0 saturated carbocycles. The van der Waals surface area contributed by atoms with Crippen LogP contribution in [0.15, 0.2) is 33.3 Å². The summed E-state index contributed by atoms with van der Waals surface area (Å²) in [6.45, 7) is 5.00. The molecule has 22 heavy (non-hydrogen) atoms. The average molecular weight is 366 g/mol. The Bertz CT molecular complexity index is 712. The second kappa shape index (κ2) is 6.74. The molecule has 6 nitrogen and oxygen atoms in total. The largest absolute Gasteiger partial charge is 0.360 e. The maximum Gasteiger partial charge on any atom is 0.245 e. The maximum absolute atomic E-state index is 12.1. The van der Waals surface area contributed by atoms with E-state index in [9.17, 15) is 9.59 Å². The predicted molar refractivity (Wildman–Crippen MR) is 86.8 cm³/mol. The molecule has 0 bridgehead atoms. The number of aromatic nitrogens is 1. The van der Waals surface area contributed by atoms with Crippen LogP contribution >= 0.6 is 15.9 Å². The van der Waals surface area contributed by atoms with Gasteiger partial charge in [0.15, 0.2) is 5.82 Å². The van der Waals surface area contributed by atoms with Gasteiger partial charge in [0.05, 0.1) is 0 Å². The Kier molecular flexibility index (Phi) is 4.97. The molecule has 116 valence electrons. The van der Waals surface area contributed by atoms with Crippen LogP contribution in [-0.4, -0.2) is 23.5 Å². The summed E-state index contributed by atoms with van der Waals surface area (Å²) in [4.78, 5) is 25.3. The molecule has 2 rings (SSSR count). The lowest BCUT2D eigenvalue weighted by atomic mass is 10.2. The molecule has 0 aliphatic carbocycles. The lowest BCUT2D eigenvalue weighted by molar-refractivity contribution is -0.120. The highest BCUT2D eigenvalue weighted by molar-refractivity contribution is 9.10. The number of benzene rings is 1. The molecule has 1 N–H and O–H groups in total. The van der Waals surface area contributed by atoms with E-state index in [0.717, 1.165) is 10.0 Å². The van der Waals surface area contributed by atoms with Gasteiger partial charge in [0, 0.05) is 23.2 Å². The zero-order chi connectivity index (χ0) is 16.3. The van der Waals surface area contributed by atoms with E-state index in [0.29, 0.717) is 17.3 Å². The smallest absolute Gasteiger partial charge is 0.245 e. The summed E-state index contributed by atoms with van der Waals surface area (Å²) in [6, 6.07) is 7.10. The van der Waals surface area contributed by atoms with Gasteiger partial charge in [-0.05, 0) is 31.5 Å². The van der Waals surface area contributed by atoms with E-state index < -0.39 is 0 Å². The number of rotatable bonds is 4. The fourth-order valence-electron chi connectivity index (χ4n) is 1.89. The van der Waals surface area contributed by atoms with Crippen molar-refractivity contribution in [3.8, 4) is 0 Å². The average Bonchev–Trinajstić information content (AvgIpc) is 2.84. The third kappa shape index (κ3) is 3.94. The molecular formula is C15H16BrN3O3. The summed E-state index contributed by atoms with van der Waals surface area (Å²) in [7, 11) is 0. The predicted octanol–water partition coefficient (Wildman–Crippen LogP) is 3.05. The number of halogens is 1. The molecule has 0 radical (unpaired) electrons. The van der Waals surface area contributed by atoms with Crippen molar-refractivity contribution in [3.05, 3.63) is 40.1 Å². The minimum absolute atomic E-state index is 0.100. The molecule has 0 atom stereocenters. The molecule has 1 aromatic heterocycles. The van der Waals surface area contributed by atoms with E-state index in [2.05, 4.69) is 26.4 Å². The van der Waals surface area contributed by atoms with Crippen LogP contribution in [0.3, 0.4) is 0 Å². The molecule has 2 aromatic rings. The first-order valence-electron chi connectivity index (χ1n) is 6.64. The van der Waals surface area contributed by atoms with Gasteiger partial charge in [-0.25, -0.2) is 0 Å². The monoisotopic (exact) mass is 365 g/mol. The molecule has 0 aliphatic heterocycles. The summed E-state index contributed by atoms with van der Waals surface area (Å²) >= 11 is 3.43. The summed E-state index contributed by atoms with van der Waals surface area (Å²) in [5, 5.41) is 6.28. The lowest BCUT2D eigenvalue weighted by Gasteiger charge is -2.21. The SMILES string of the molecule is CC(=O)N(CC(=O)Nc1cc(C)on1)c1ccc(C)c(Br)c1. The van der Waals surface area contributed by atoms with Gasteiger partial charge >= 0.3 is 0 Å². The van der Waals surface area contributed by atoms with Crippen molar-refractivity contribution >= 4 is 39.2 Å². The fraction of sp³-hybridized carbons (Fsp3) is 0.267. The van der Waals surface area contributed by atoms with Crippen molar-refractivity contribution in [1.29, 1.82) is 0 Å². The normalized spacial score (nSPS) is 10.4. The highest BCUT2D eigenvalue weighted by Gasteiger charge is 2.17. The highest BCUT2D eigenvalue weighted by Crippen LogP contribution is 2.23. The molecule has 2 amide bonds. The third-order valence-corrected chi connectivity index (χ3v) is 3.90. The van der Waals surface area contributed by atoms with Crippen molar-refractivity contribution in [1.82, 2.24) is 5.16 Å². The van der Waals surface area contributed by atoms with Crippen LogP contribution in [-0.2, 0) is 9.59 Å². The Labute approximate surface area is 136 Å². The zero-order valence-electron chi connectivity index (χ0n) is 12.5. The number of aryl methyl sites for hydroxylation is 2.